The monoisotopic (exact) mass is 370 g/mol. The minimum absolute atomic E-state index is 0.0248. The minimum atomic E-state index is -0.568. The van der Waals surface area contributed by atoms with Crippen LogP contribution in [0.15, 0.2) is 54.1 Å². The first-order valence-electron chi connectivity index (χ1n) is 7.77. The van der Waals surface area contributed by atoms with E-state index < -0.39 is 11.8 Å². The van der Waals surface area contributed by atoms with Gasteiger partial charge >= 0.3 is 0 Å². The topological polar surface area (TPSA) is 58.6 Å². The van der Waals surface area contributed by atoms with Crippen LogP contribution in [0.5, 0.6) is 5.75 Å². The van der Waals surface area contributed by atoms with Gasteiger partial charge in [0.2, 0.25) is 0 Å². The highest BCUT2D eigenvalue weighted by molar-refractivity contribution is 7.80. The molecule has 132 valence electrons. The van der Waals surface area contributed by atoms with Crippen molar-refractivity contribution in [2.75, 3.05) is 7.05 Å². The fraction of sp³-hybridized carbons (Fsp3) is 0.105. The van der Waals surface area contributed by atoms with Gasteiger partial charge in [-0.3, -0.25) is 19.8 Å². The Bertz CT molecular complexity index is 927. The number of ether oxygens (including phenoxy) is 1. The molecule has 1 aliphatic heterocycles. The van der Waals surface area contributed by atoms with E-state index in [-0.39, 0.29) is 23.1 Å². The van der Waals surface area contributed by atoms with E-state index in [1.165, 1.54) is 24.1 Å². The van der Waals surface area contributed by atoms with E-state index >= 15 is 0 Å². The fourth-order valence-corrected chi connectivity index (χ4v) is 2.58. The first kappa shape index (κ1) is 17.8. The highest BCUT2D eigenvalue weighted by Crippen LogP contribution is 2.24. The first-order chi connectivity index (χ1) is 12.5. The SMILES string of the molecule is CN1C(=O)C(=Cc2ccccc2OCc2ccccc2F)C(=O)NC1=S. The molecule has 0 aromatic heterocycles. The van der Waals surface area contributed by atoms with Crippen molar-refractivity contribution in [3.8, 4) is 5.75 Å². The van der Waals surface area contributed by atoms with Crippen molar-refractivity contribution in [3.63, 3.8) is 0 Å². The third-order valence-electron chi connectivity index (χ3n) is 3.86. The van der Waals surface area contributed by atoms with Crippen LogP contribution in [0, 0.1) is 5.82 Å². The maximum absolute atomic E-state index is 13.7. The molecular formula is C19H15FN2O3S. The van der Waals surface area contributed by atoms with E-state index in [9.17, 15) is 14.0 Å². The van der Waals surface area contributed by atoms with E-state index in [4.69, 9.17) is 17.0 Å². The quantitative estimate of drug-likeness (QED) is 0.511. The van der Waals surface area contributed by atoms with Gasteiger partial charge in [-0.2, -0.15) is 0 Å². The summed E-state index contributed by atoms with van der Waals surface area (Å²) in [5, 5.41) is 2.51. The molecule has 1 heterocycles. The van der Waals surface area contributed by atoms with Crippen molar-refractivity contribution in [2.45, 2.75) is 6.61 Å². The van der Waals surface area contributed by atoms with Gasteiger partial charge in [-0.1, -0.05) is 36.4 Å². The zero-order chi connectivity index (χ0) is 18.7. The molecule has 1 aliphatic rings. The standard InChI is InChI=1S/C19H15FN2O3S/c1-22-18(24)14(17(23)21-19(22)26)10-12-6-3-5-9-16(12)25-11-13-7-2-4-8-15(13)20/h2-10H,11H2,1H3,(H,21,23,26). The zero-order valence-corrected chi connectivity index (χ0v) is 14.7. The molecule has 2 amide bonds. The molecule has 2 aromatic rings. The Balaban J connectivity index is 1.87. The minimum Gasteiger partial charge on any atom is -0.488 e. The normalized spacial score (nSPS) is 16.0. The lowest BCUT2D eigenvalue weighted by Crippen LogP contribution is -2.52. The third-order valence-corrected chi connectivity index (χ3v) is 4.24. The Labute approximate surface area is 155 Å². The van der Waals surface area contributed by atoms with Crippen LogP contribution >= 0.6 is 12.2 Å². The smallest absolute Gasteiger partial charge is 0.265 e. The fourth-order valence-electron chi connectivity index (χ4n) is 2.40. The second-order valence-electron chi connectivity index (χ2n) is 5.60. The van der Waals surface area contributed by atoms with Crippen molar-refractivity contribution in [2.24, 2.45) is 0 Å². The van der Waals surface area contributed by atoms with Crippen molar-refractivity contribution in [1.29, 1.82) is 0 Å². The molecule has 0 radical (unpaired) electrons. The van der Waals surface area contributed by atoms with Crippen LogP contribution in [-0.4, -0.2) is 28.9 Å². The van der Waals surface area contributed by atoms with Crippen LogP contribution in [0.25, 0.3) is 6.08 Å². The van der Waals surface area contributed by atoms with Gasteiger partial charge in [0.05, 0.1) is 0 Å². The highest BCUT2D eigenvalue weighted by atomic mass is 32.1. The molecule has 5 nitrogen and oxygen atoms in total. The van der Waals surface area contributed by atoms with E-state index in [1.807, 2.05) is 0 Å². The summed E-state index contributed by atoms with van der Waals surface area (Å²) >= 11 is 4.92. The lowest BCUT2D eigenvalue weighted by Gasteiger charge is -2.25. The van der Waals surface area contributed by atoms with Crippen molar-refractivity contribution in [3.05, 3.63) is 71.0 Å². The van der Waals surface area contributed by atoms with Gasteiger partial charge in [0, 0.05) is 18.2 Å². The number of rotatable bonds is 4. The molecule has 0 spiro atoms. The Hall–Kier alpha value is -3.06. The molecule has 0 atom stereocenters. The lowest BCUT2D eigenvalue weighted by atomic mass is 10.1. The molecule has 7 heteroatoms. The summed E-state index contributed by atoms with van der Waals surface area (Å²) < 4.78 is 19.4. The molecule has 26 heavy (non-hydrogen) atoms. The number of carbonyl (C=O) groups excluding carboxylic acids is 2. The van der Waals surface area contributed by atoms with Gasteiger partial charge in [-0.25, -0.2) is 4.39 Å². The number of nitrogens with one attached hydrogen (secondary N) is 1. The van der Waals surface area contributed by atoms with Crippen LogP contribution < -0.4 is 10.1 Å². The van der Waals surface area contributed by atoms with Crippen LogP contribution in [0.1, 0.15) is 11.1 Å². The van der Waals surface area contributed by atoms with E-state index in [2.05, 4.69) is 5.32 Å². The lowest BCUT2D eigenvalue weighted by molar-refractivity contribution is -0.128. The average Bonchev–Trinajstić information content (AvgIpc) is 2.63. The van der Waals surface area contributed by atoms with Crippen LogP contribution in [-0.2, 0) is 16.2 Å². The Morgan fingerprint density at radius 1 is 1.15 bits per heavy atom. The van der Waals surface area contributed by atoms with Gasteiger partial charge in [-0.05, 0) is 30.4 Å². The predicted molar refractivity (Wildman–Crippen MR) is 98.7 cm³/mol. The summed E-state index contributed by atoms with van der Waals surface area (Å²) in [7, 11) is 1.48. The summed E-state index contributed by atoms with van der Waals surface area (Å²) in [6.07, 6.45) is 1.44. The van der Waals surface area contributed by atoms with Crippen molar-refractivity contribution < 1.29 is 18.7 Å². The summed E-state index contributed by atoms with van der Waals surface area (Å²) in [5.41, 5.74) is 0.887. The molecular weight excluding hydrogens is 355 g/mol. The number of hydrogen-bond donors (Lipinski definition) is 1. The Morgan fingerprint density at radius 3 is 2.62 bits per heavy atom. The molecule has 2 aromatic carbocycles. The summed E-state index contributed by atoms with van der Waals surface area (Å²) in [6.45, 7) is 0.0248. The van der Waals surface area contributed by atoms with E-state index in [1.54, 1.807) is 42.5 Å². The van der Waals surface area contributed by atoms with E-state index in [0.29, 0.717) is 16.9 Å². The molecule has 0 unspecified atom stereocenters. The average molecular weight is 370 g/mol. The summed E-state index contributed by atoms with van der Waals surface area (Å²) in [6, 6.07) is 13.2. The van der Waals surface area contributed by atoms with Gasteiger partial charge < -0.3 is 4.74 Å². The highest BCUT2D eigenvalue weighted by Gasteiger charge is 2.30. The second kappa shape index (κ2) is 7.45. The number of para-hydroxylation sites is 1. The number of amides is 2. The zero-order valence-electron chi connectivity index (χ0n) is 13.9. The van der Waals surface area contributed by atoms with Gasteiger partial charge in [0.1, 0.15) is 23.7 Å². The van der Waals surface area contributed by atoms with Crippen molar-refractivity contribution in [1.82, 2.24) is 10.2 Å². The molecule has 0 aliphatic carbocycles. The van der Waals surface area contributed by atoms with Gasteiger partial charge in [0.25, 0.3) is 11.8 Å². The molecule has 1 N–H and O–H groups in total. The second-order valence-corrected chi connectivity index (χ2v) is 5.99. The number of nitrogens with zero attached hydrogens (tertiary/aromatic N) is 1. The van der Waals surface area contributed by atoms with Crippen LogP contribution in [0.2, 0.25) is 0 Å². The first-order valence-corrected chi connectivity index (χ1v) is 8.18. The molecule has 3 rings (SSSR count). The van der Waals surface area contributed by atoms with E-state index in [0.717, 1.165) is 0 Å². The summed E-state index contributed by atoms with van der Waals surface area (Å²) in [4.78, 5) is 25.6. The number of benzene rings is 2. The Morgan fingerprint density at radius 2 is 1.85 bits per heavy atom. The predicted octanol–water partition coefficient (Wildman–Crippen LogP) is 2.66. The molecule has 0 bridgehead atoms. The molecule has 1 saturated heterocycles. The van der Waals surface area contributed by atoms with Crippen LogP contribution in [0.4, 0.5) is 4.39 Å². The molecule has 1 fully saturated rings. The number of carbonyl (C=O) groups is 2. The Kier molecular flexibility index (Phi) is 5.09. The number of likely N-dealkylation sites (N-methyl/N-ethyl adjacent to an activating group) is 1. The number of hydrogen-bond acceptors (Lipinski definition) is 4. The van der Waals surface area contributed by atoms with Crippen LogP contribution in [0.3, 0.4) is 0 Å². The number of halogens is 1. The van der Waals surface area contributed by atoms with Gasteiger partial charge in [-0.15, -0.1) is 0 Å². The maximum atomic E-state index is 13.7. The molecule has 0 saturated carbocycles. The van der Waals surface area contributed by atoms with Crippen molar-refractivity contribution >= 4 is 35.2 Å². The van der Waals surface area contributed by atoms with Gasteiger partial charge in [0.15, 0.2) is 5.11 Å². The maximum Gasteiger partial charge on any atom is 0.265 e. The third kappa shape index (κ3) is 3.62. The summed E-state index contributed by atoms with van der Waals surface area (Å²) in [5.74, 6) is -0.996. The largest absolute Gasteiger partial charge is 0.488 e. The number of thiocarbonyl (C=S) groups is 1.